The minimum Gasteiger partial charge on any atom is -0.387 e. The van der Waals surface area contributed by atoms with Gasteiger partial charge in [0.25, 0.3) is 0 Å². The summed E-state index contributed by atoms with van der Waals surface area (Å²) in [6, 6.07) is 14.1. The van der Waals surface area contributed by atoms with Crippen LogP contribution >= 0.6 is 0 Å². The van der Waals surface area contributed by atoms with Crippen LogP contribution in [0.15, 0.2) is 48.5 Å². The molecule has 0 fully saturated rings. The highest BCUT2D eigenvalue weighted by molar-refractivity contribution is 7.20. The summed E-state index contributed by atoms with van der Waals surface area (Å²) in [6.45, 7) is 3.87. The lowest BCUT2D eigenvalue weighted by Gasteiger charge is -2.24. The Balaban J connectivity index is 2.45. The Labute approximate surface area is 137 Å². The van der Waals surface area contributed by atoms with Crippen LogP contribution in [-0.2, 0) is 8.85 Å². The van der Waals surface area contributed by atoms with E-state index in [4.69, 9.17) is 8.85 Å². The van der Waals surface area contributed by atoms with E-state index in [0.29, 0.717) is 11.1 Å². The Morgan fingerprint density at radius 2 is 1.00 bits per heavy atom. The molecule has 0 bridgehead atoms. The molecule has 0 aliphatic rings. The first-order valence-electron chi connectivity index (χ1n) is 7.28. The topological polar surface area (TPSA) is 52.6 Å². The molecule has 0 unspecified atom stereocenters. The van der Waals surface area contributed by atoms with Gasteiger partial charge >= 0.3 is 8.56 Å². The molecule has 0 saturated carbocycles. The molecule has 5 heteroatoms. The quantitative estimate of drug-likeness (QED) is 0.764. The fourth-order valence-corrected chi connectivity index (χ4v) is 4.56. The van der Waals surface area contributed by atoms with E-state index in [1.54, 1.807) is 24.3 Å². The lowest BCUT2D eigenvalue weighted by Crippen LogP contribution is -2.57. The molecule has 0 amide bonds. The van der Waals surface area contributed by atoms with E-state index in [0.717, 1.165) is 11.1 Å². The second kappa shape index (κ2) is 7.00. The van der Waals surface area contributed by atoms with Gasteiger partial charge in [0.2, 0.25) is 10.8 Å². The van der Waals surface area contributed by atoms with Gasteiger partial charge in [-0.1, -0.05) is 59.7 Å². The average Bonchev–Trinajstić information content (AvgIpc) is 2.57. The zero-order valence-electron chi connectivity index (χ0n) is 13.8. The van der Waals surface area contributed by atoms with Crippen molar-refractivity contribution in [1.82, 2.24) is 0 Å². The predicted octanol–water partition coefficient (Wildman–Crippen LogP) is 3.18. The van der Waals surface area contributed by atoms with E-state index in [1.807, 2.05) is 38.1 Å². The Morgan fingerprint density at radius 3 is 1.26 bits per heavy atom. The van der Waals surface area contributed by atoms with Crippen molar-refractivity contribution in [3.05, 3.63) is 70.8 Å². The molecule has 0 radical (unpaired) electrons. The Kier molecular flexibility index (Phi) is 5.25. The molecule has 2 rings (SSSR count). The molecule has 0 aliphatic carbocycles. The maximum atomic E-state index is 12.9. The summed E-state index contributed by atoms with van der Waals surface area (Å²) in [5.41, 5.74) is 2.92. The van der Waals surface area contributed by atoms with Gasteiger partial charge in [-0.05, 0) is 13.8 Å². The number of carbonyl (C=O) groups is 2. The van der Waals surface area contributed by atoms with Gasteiger partial charge in [-0.15, -0.1) is 0 Å². The molecule has 0 saturated heterocycles. The van der Waals surface area contributed by atoms with Crippen molar-refractivity contribution in [3.63, 3.8) is 0 Å². The van der Waals surface area contributed by atoms with E-state index >= 15 is 0 Å². The average molecular weight is 328 g/mol. The monoisotopic (exact) mass is 328 g/mol. The van der Waals surface area contributed by atoms with E-state index in [2.05, 4.69) is 0 Å². The van der Waals surface area contributed by atoms with E-state index in [-0.39, 0.29) is 10.8 Å². The van der Waals surface area contributed by atoms with Gasteiger partial charge < -0.3 is 8.85 Å². The van der Waals surface area contributed by atoms with Gasteiger partial charge in [-0.2, -0.15) is 0 Å². The molecule has 23 heavy (non-hydrogen) atoms. The highest BCUT2D eigenvalue weighted by atomic mass is 28.4. The highest BCUT2D eigenvalue weighted by Gasteiger charge is 2.53. The smallest absolute Gasteiger partial charge is 0.387 e. The van der Waals surface area contributed by atoms with Crippen molar-refractivity contribution in [3.8, 4) is 0 Å². The molecule has 0 heterocycles. The van der Waals surface area contributed by atoms with E-state index in [1.165, 1.54) is 14.2 Å². The van der Waals surface area contributed by atoms with Crippen LogP contribution in [0.3, 0.4) is 0 Å². The third-order valence-electron chi connectivity index (χ3n) is 3.80. The van der Waals surface area contributed by atoms with Crippen molar-refractivity contribution in [2.45, 2.75) is 13.8 Å². The van der Waals surface area contributed by atoms with Gasteiger partial charge in [-0.3, -0.25) is 9.59 Å². The third-order valence-corrected chi connectivity index (χ3v) is 6.72. The maximum absolute atomic E-state index is 12.9. The van der Waals surface area contributed by atoms with Crippen molar-refractivity contribution in [2.75, 3.05) is 14.2 Å². The number of hydrogen-bond donors (Lipinski definition) is 0. The summed E-state index contributed by atoms with van der Waals surface area (Å²) >= 11 is 0. The second-order valence-corrected chi connectivity index (χ2v) is 8.37. The van der Waals surface area contributed by atoms with Crippen LogP contribution in [-0.4, -0.2) is 33.6 Å². The third kappa shape index (κ3) is 3.31. The summed E-state index contributed by atoms with van der Waals surface area (Å²) < 4.78 is 10.8. The van der Waals surface area contributed by atoms with Crippen molar-refractivity contribution in [1.29, 1.82) is 0 Å². The lowest BCUT2D eigenvalue weighted by atomic mass is 10.2. The molecule has 2 aromatic rings. The summed E-state index contributed by atoms with van der Waals surface area (Å²) in [5.74, 6) is 0. The number of carbonyl (C=O) groups excluding carboxylic acids is 2. The van der Waals surface area contributed by atoms with Crippen LogP contribution in [0.4, 0.5) is 0 Å². The second-order valence-electron chi connectivity index (χ2n) is 5.42. The first-order valence-corrected chi connectivity index (χ1v) is 9.09. The largest absolute Gasteiger partial charge is 0.490 e. The summed E-state index contributed by atoms with van der Waals surface area (Å²) in [4.78, 5) is 25.8. The fraction of sp³-hybridized carbons (Fsp3) is 0.222. The summed E-state index contributed by atoms with van der Waals surface area (Å²) in [7, 11) is -1.03. The van der Waals surface area contributed by atoms with Gasteiger partial charge in [0.1, 0.15) is 0 Å². The standard InChI is InChI=1S/C18H20O4Si/c1-13-5-9-15(10-6-13)17(19)23(21-3,22-4)18(20)16-11-7-14(2)8-12-16/h5-12H,1-4H3. The zero-order valence-corrected chi connectivity index (χ0v) is 14.8. The minimum atomic E-state index is -3.74. The van der Waals surface area contributed by atoms with Crippen LogP contribution in [0.25, 0.3) is 0 Å². The Morgan fingerprint density at radius 1 is 0.696 bits per heavy atom. The fourth-order valence-electron chi connectivity index (χ4n) is 2.35. The van der Waals surface area contributed by atoms with Crippen molar-refractivity contribution in [2.24, 2.45) is 0 Å². The summed E-state index contributed by atoms with van der Waals surface area (Å²) in [6.07, 6.45) is 0. The molecule has 0 aliphatic heterocycles. The molecule has 2 aromatic carbocycles. The molecular weight excluding hydrogens is 308 g/mol. The molecular formula is C18H20O4Si. The van der Waals surface area contributed by atoms with E-state index in [9.17, 15) is 9.59 Å². The van der Waals surface area contributed by atoms with Crippen molar-refractivity contribution < 1.29 is 18.4 Å². The Bertz CT molecular complexity index is 641. The number of aryl methyl sites for hydroxylation is 2. The predicted molar refractivity (Wildman–Crippen MR) is 90.8 cm³/mol. The molecule has 4 nitrogen and oxygen atoms in total. The highest BCUT2D eigenvalue weighted by Crippen LogP contribution is 2.20. The van der Waals surface area contributed by atoms with Crippen LogP contribution in [0.5, 0.6) is 0 Å². The first kappa shape index (κ1) is 17.3. The molecule has 0 N–H and O–H groups in total. The van der Waals surface area contributed by atoms with Gasteiger partial charge in [0, 0.05) is 25.3 Å². The van der Waals surface area contributed by atoms with E-state index < -0.39 is 8.56 Å². The lowest BCUT2D eigenvalue weighted by molar-refractivity contribution is 0.0893. The zero-order chi connectivity index (χ0) is 17.0. The Hall–Kier alpha value is -2.08. The van der Waals surface area contributed by atoms with Crippen LogP contribution < -0.4 is 0 Å². The summed E-state index contributed by atoms with van der Waals surface area (Å²) in [5, 5.41) is -0.763. The van der Waals surface area contributed by atoms with Gasteiger partial charge in [-0.25, -0.2) is 0 Å². The van der Waals surface area contributed by atoms with Crippen LogP contribution in [0, 0.1) is 13.8 Å². The molecule has 0 spiro atoms. The number of benzene rings is 2. The van der Waals surface area contributed by atoms with Crippen molar-refractivity contribution >= 4 is 19.4 Å². The SMILES string of the molecule is CO[Si](OC)(C(=O)c1ccc(C)cc1)C(=O)c1ccc(C)cc1. The molecule has 0 aromatic heterocycles. The molecule has 120 valence electrons. The first-order chi connectivity index (χ1) is 10.9. The number of rotatable bonds is 6. The minimum absolute atomic E-state index is 0.381. The van der Waals surface area contributed by atoms with Gasteiger partial charge in [0.05, 0.1) is 0 Å². The normalized spacial score (nSPS) is 11.3. The maximum Gasteiger partial charge on any atom is 0.490 e. The van der Waals surface area contributed by atoms with Crippen LogP contribution in [0.2, 0.25) is 0 Å². The van der Waals surface area contributed by atoms with Crippen LogP contribution in [0.1, 0.15) is 31.8 Å². The number of hydrogen-bond acceptors (Lipinski definition) is 4. The van der Waals surface area contributed by atoms with Gasteiger partial charge in [0.15, 0.2) is 0 Å². The molecule has 0 atom stereocenters.